The SMILES string of the molecule is S=c1ncc2scnc2[nH]1. The molecule has 0 atom stereocenters. The number of nitrogens with zero attached hydrogens (tertiary/aromatic N) is 2. The van der Waals surface area contributed by atoms with Crippen LogP contribution in [0.5, 0.6) is 0 Å². The van der Waals surface area contributed by atoms with Crippen molar-refractivity contribution in [3.05, 3.63) is 16.5 Å². The van der Waals surface area contributed by atoms with Crippen molar-refractivity contribution in [3.8, 4) is 0 Å². The van der Waals surface area contributed by atoms with Crippen LogP contribution in [0.3, 0.4) is 0 Å². The predicted octanol–water partition coefficient (Wildman–Crippen LogP) is 1.75. The van der Waals surface area contributed by atoms with Gasteiger partial charge in [0.25, 0.3) is 0 Å². The summed E-state index contributed by atoms with van der Waals surface area (Å²) in [5.74, 6) is 0. The van der Waals surface area contributed by atoms with Crippen molar-refractivity contribution in [3.63, 3.8) is 0 Å². The zero-order valence-corrected chi connectivity index (χ0v) is 6.50. The normalized spacial score (nSPS) is 10.4. The lowest BCUT2D eigenvalue weighted by Crippen LogP contribution is -1.79. The van der Waals surface area contributed by atoms with Crippen LogP contribution in [0.25, 0.3) is 10.3 Å². The monoisotopic (exact) mass is 169 g/mol. The Morgan fingerprint density at radius 2 is 2.40 bits per heavy atom. The number of aromatic nitrogens is 3. The smallest absolute Gasteiger partial charge is 0.198 e. The van der Waals surface area contributed by atoms with E-state index in [2.05, 4.69) is 15.0 Å². The molecule has 0 aliphatic heterocycles. The molecule has 0 aliphatic rings. The van der Waals surface area contributed by atoms with E-state index in [0.717, 1.165) is 10.3 Å². The fourth-order valence-corrected chi connectivity index (χ4v) is 1.44. The fourth-order valence-electron chi connectivity index (χ4n) is 0.692. The topological polar surface area (TPSA) is 41.6 Å². The molecule has 0 aliphatic carbocycles. The highest BCUT2D eigenvalue weighted by Crippen LogP contribution is 2.12. The molecule has 5 heteroatoms. The van der Waals surface area contributed by atoms with Crippen LogP contribution in [0.15, 0.2) is 11.7 Å². The molecule has 0 radical (unpaired) electrons. The van der Waals surface area contributed by atoms with Gasteiger partial charge >= 0.3 is 0 Å². The summed E-state index contributed by atoms with van der Waals surface area (Å²) in [4.78, 5) is 10.8. The summed E-state index contributed by atoms with van der Waals surface area (Å²) in [6, 6.07) is 0. The summed E-state index contributed by atoms with van der Waals surface area (Å²) < 4.78 is 1.52. The average Bonchev–Trinajstić information content (AvgIpc) is 2.33. The third kappa shape index (κ3) is 0.833. The molecule has 0 amide bonds. The molecule has 0 bridgehead atoms. The molecule has 2 heterocycles. The van der Waals surface area contributed by atoms with Gasteiger partial charge in [0.2, 0.25) is 0 Å². The Morgan fingerprint density at radius 3 is 3.30 bits per heavy atom. The molecular weight excluding hydrogens is 166 g/mol. The average molecular weight is 169 g/mol. The maximum atomic E-state index is 4.80. The van der Waals surface area contributed by atoms with Gasteiger partial charge < -0.3 is 4.98 Å². The van der Waals surface area contributed by atoms with Crippen LogP contribution in [0, 0.1) is 4.77 Å². The maximum Gasteiger partial charge on any atom is 0.198 e. The van der Waals surface area contributed by atoms with Crippen LogP contribution in [0.1, 0.15) is 0 Å². The van der Waals surface area contributed by atoms with E-state index in [1.807, 2.05) is 0 Å². The maximum absolute atomic E-state index is 4.80. The quantitative estimate of drug-likeness (QED) is 0.611. The van der Waals surface area contributed by atoms with Crippen molar-refractivity contribution >= 4 is 33.9 Å². The molecule has 0 spiro atoms. The van der Waals surface area contributed by atoms with Crippen molar-refractivity contribution in [2.75, 3.05) is 0 Å². The van der Waals surface area contributed by atoms with Crippen molar-refractivity contribution in [2.24, 2.45) is 0 Å². The van der Waals surface area contributed by atoms with E-state index in [-0.39, 0.29) is 0 Å². The van der Waals surface area contributed by atoms with Crippen molar-refractivity contribution in [2.45, 2.75) is 0 Å². The largest absolute Gasteiger partial charge is 0.314 e. The van der Waals surface area contributed by atoms with E-state index in [9.17, 15) is 0 Å². The lowest BCUT2D eigenvalue weighted by Gasteiger charge is -1.83. The van der Waals surface area contributed by atoms with Gasteiger partial charge in [0, 0.05) is 0 Å². The minimum absolute atomic E-state index is 0.485. The molecule has 3 nitrogen and oxygen atoms in total. The van der Waals surface area contributed by atoms with Gasteiger partial charge in [0.15, 0.2) is 10.4 Å². The van der Waals surface area contributed by atoms with Crippen molar-refractivity contribution < 1.29 is 0 Å². The fraction of sp³-hybridized carbons (Fsp3) is 0. The van der Waals surface area contributed by atoms with E-state index in [1.54, 1.807) is 23.0 Å². The highest BCUT2D eigenvalue weighted by Gasteiger charge is 1.93. The first-order valence-corrected chi connectivity index (χ1v) is 3.93. The second-order valence-corrected chi connectivity index (χ2v) is 3.03. The number of thiazole rings is 1. The Bertz CT molecular complexity index is 402. The molecule has 10 heavy (non-hydrogen) atoms. The Labute approximate surface area is 65.8 Å². The minimum Gasteiger partial charge on any atom is -0.314 e. The highest BCUT2D eigenvalue weighted by atomic mass is 32.1. The van der Waals surface area contributed by atoms with Gasteiger partial charge in [-0.15, -0.1) is 11.3 Å². The van der Waals surface area contributed by atoms with E-state index in [4.69, 9.17) is 12.2 Å². The molecule has 0 aromatic carbocycles. The molecule has 0 saturated carbocycles. The molecule has 50 valence electrons. The van der Waals surface area contributed by atoms with Gasteiger partial charge in [0.1, 0.15) is 0 Å². The summed E-state index contributed by atoms with van der Waals surface area (Å²) in [5, 5.41) is 0. The van der Waals surface area contributed by atoms with Gasteiger partial charge in [-0.25, -0.2) is 9.97 Å². The Balaban J connectivity index is 2.99. The van der Waals surface area contributed by atoms with Crippen LogP contribution >= 0.6 is 23.6 Å². The lowest BCUT2D eigenvalue weighted by atomic mass is 10.6. The van der Waals surface area contributed by atoms with Crippen LogP contribution in [0.2, 0.25) is 0 Å². The molecule has 2 rings (SSSR count). The van der Waals surface area contributed by atoms with E-state index in [0.29, 0.717) is 4.77 Å². The van der Waals surface area contributed by atoms with Crippen molar-refractivity contribution in [1.82, 2.24) is 15.0 Å². The molecule has 0 unspecified atom stereocenters. The van der Waals surface area contributed by atoms with Gasteiger partial charge in [-0.05, 0) is 12.2 Å². The first-order valence-electron chi connectivity index (χ1n) is 2.65. The summed E-state index contributed by atoms with van der Waals surface area (Å²) in [6.07, 6.45) is 1.73. The van der Waals surface area contributed by atoms with Gasteiger partial charge in [-0.1, -0.05) is 0 Å². The highest BCUT2D eigenvalue weighted by molar-refractivity contribution is 7.71. The molecule has 0 fully saturated rings. The zero-order valence-electron chi connectivity index (χ0n) is 4.87. The van der Waals surface area contributed by atoms with Gasteiger partial charge in [-0.3, -0.25) is 0 Å². The number of rotatable bonds is 0. The van der Waals surface area contributed by atoms with Crippen LogP contribution in [-0.2, 0) is 0 Å². The third-order valence-corrected chi connectivity index (χ3v) is 2.09. The number of hydrogen-bond donors (Lipinski definition) is 1. The molecular formula is C5H3N3S2. The second kappa shape index (κ2) is 2.10. The van der Waals surface area contributed by atoms with Crippen molar-refractivity contribution in [1.29, 1.82) is 0 Å². The number of fused-ring (bicyclic) bond motifs is 1. The molecule has 0 saturated heterocycles. The predicted molar refractivity (Wildman–Crippen MR) is 42.6 cm³/mol. The summed E-state index contributed by atoms with van der Waals surface area (Å²) >= 11 is 6.35. The van der Waals surface area contributed by atoms with Gasteiger partial charge in [0.05, 0.1) is 16.4 Å². The third-order valence-electron chi connectivity index (χ3n) is 1.12. The summed E-state index contributed by atoms with van der Waals surface area (Å²) in [6.45, 7) is 0. The number of nitrogens with one attached hydrogen (secondary N) is 1. The minimum atomic E-state index is 0.485. The van der Waals surface area contributed by atoms with E-state index < -0.39 is 0 Å². The number of hydrogen-bond acceptors (Lipinski definition) is 4. The number of aromatic amines is 1. The van der Waals surface area contributed by atoms with Crippen LogP contribution < -0.4 is 0 Å². The Hall–Kier alpha value is -0.810. The standard InChI is InChI=1S/C5H3N3S2/c9-5-6-1-3-4(8-5)7-2-10-3/h1-2H,(H,6,8,9). The molecule has 2 aromatic heterocycles. The van der Waals surface area contributed by atoms with Gasteiger partial charge in [-0.2, -0.15) is 0 Å². The molecule has 2 aromatic rings. The first-order chi connectivity index (χ1) is 4.86. The van der Waals surface area contributed by atoms with E-state index >= 15 is 0 Å². The van der Waals surface area contributed by atoms with Crippen LogP contribution in [0.4, 0.5) is 0 Å². The summed E-state index contributed by atoms with van der Waals surface area (Å²) in [7, 11) is 0. The lowest BCUT2D eigenvalue weighted by molar-refractivity contribution is 1.17. The Kier molecular flexibility index (Phi) is 1.25. The molecule has 1 N–H and O–H groups in total. The first kappa shape index (κ1) is 5.94. The summed E-state index contributed by atoms with van der Waals surface area (Å²) in [5.41, 5.74) is 2.59. The zero-order chi connectivity index (χ0) is 6.97. The second-order valence-electron chi connectivity index (χ2n) is 1.75. The number of H-pyrrole nitrogens is 1. The van der Waals surface area contributed by atoms with E-state index in [1.165, 1.54) is 0 Å². The van der Waals surface area contributed by atoms with Crippen LogP contribution in [-0.4, -0.2) is 15.0 Å². The Morgan fingerprint density at radius 1 is 1.50 bits per heavy atom.